The summed E-state index contributed by atoms with van der Waals surface area (Å²) in [5.41, 5.74) is 1.39. The Morgan fingerprint density at radius 2 is 2.62 bits per heavy atom. The first-order chi connectivity index (χ1) is 3.80. The predicted molar refractivity (Wildman–Crippen MR) is 37.3 cm³/mol. The first-order valence-electron chi connectivity index (χ1n) is 2.69. The van der Waals surface area contributed by atoms with Gasteiger partial charge in [0.15, 0.2) is 0 Å². The Balaban J connectivity index is 2.53. The van der Waals surface area contributed by atoms with Crippen molar-refractivity contribution >= 4 is 15.9 Å². The number of rotatable bonds is 0. The summed E-state index contributed by atoms with van der Waals surface area (Å²) in [5, 5.41) is 0. The molecule has 1 aliphatic rings. The minimum absolute atomic E-state index is 0.455. The Bertz CT molecular complexity index is 109. The van der Waals surface area contributed by atoms with Crippen molar-refractivity contribution in [3.8, 4) is 0 Å². The number of ether oxygens (including phenoxy) is 1. The summed E-state index contributed by atoms with van der Waals surface area (Å²) in [6.45, 7) is 3.72. The first kappa shape index (κ1) is 6.30. The van der Waals surface area contributed by atoms with E-state index in [1.165, 1.54) is 5.57 Å². The Morgan fingerprint density at radius 3 is 3.00 bits per heavy atom. The Morgan fingerprint density at radius 1 is 1.88 bits per heavy atom. The number of halogens is 1. The Kier molecular flexibility index (Phi) is 2.08. The fourth-order valence-corrected chi connectivity index (χ4v) is 0.995. The lowest BCUT2D eigenvalue weighted by atomic mass is 10.2. The third-order valence-electron chi connectivity index (χ3n) is 1.28. The highest BCUT2D eigenvalue weighted by Crippen LogP contribution is 2.15. The molecule has 8 heavy (non-hydrogen) atoms. The molecule has 0 aliphatic carbocycles. The average Bonchev–Trinajstić information content (AvgIpc) is 1.77. The van der Waals surface area contributed by atoms with Crippen LogP contribution in [0.15, 0.2) is 11.6 Å². The number of hydrogen-bond donors (Lipinski definition) is 0. The molecule has 1 nitrogen and oxygen atoms in total. The van der Waals surface area contributed by atoms with Gasteiger partial charge in [0.05, 0.1) is 18.0 Å². The van der Waals surface area contributed by atoms with E-state index in [4.69, 9.17) is 4.74 Å². The molecule has 0 bridgehead atoms. The van der Waals surface area contributed by atoms with Crippen LogP contribution < -0.4 is 0 Å². The standard InChI is InChI=1S/C6H9BrO/c1-5-2-3-8-4-6(5)7/h2,6H,3-4H2,1H3. The van der Waals surface area contributed by atoms with Crippen LogP contribution in [0.5, 0.6) is 0 Å². The van der Waals surface area contributed by atoms with E-state index in [0.29, 0.717) is 4.83 Å². The molecule has 0 amide bonds. The van der Waals surface area contributed by atoms with E-state index in [0.717, 1.165) is 13.2 Å². The van der Waals surface area contributed by atoms with Crippen LogP contribution in [0.1, 0.15) is 6.92 Å². The molecule has 1 unspecified atom stereocenters. The summed E-state index contributed by atoms with van der Waals surface area (Å²) in [6, 6.07) is 0. The fraction of sp³-hybridized carbons (Fsp3) is 0.667. The third kappa shape index (κ3) is 1.33. The van der Waals surface area contributed by atoms with Gasteiger partial charge in [-0.15, -0.1) is 0 Å². The van der Waals surface area contributed by atoms with E-state index in [-0.39, 0.29) is 0 Å². The van der Waals surface area contributed by atoms with Gasteiger partial charge < -0.3 is 4.74 Å². The van der Waals surface area contributed by atoms with Crippen molar-refractivity contribution in [2.75, 3.05) is 13.2 Å². The van der Waals surface area contributed by atoms with Gasteiger partial charge in [0.25, 0.3) is 0 Å². The van der Waals surface area contributed by atoms with Crippen molar-refractivity contribution in [3.63, 3.8) is 0 Å². The lowest BCUT2D eigenvalue weighted by molar-refractivity contribution is 0.159. The molecule has 1 aliphatic heterocycles. The molecule has 2 heteroatoms. The second-order valence-corrected chi connectivity index (χ2v) is 3.06. The van der Waals surface area contributed by atoms with Gasteiger partial charge in [-0.05, 0) is 6.92 Å². The molecular weight excluding hydrogens is 168 g/mol. The topological polar surface area (TPSA) is 9.23 Å². The molecule has 0 aromatic heterocycles. The van der Waals surface area contributed by atoms with Crippen molar-refractivity contribution in [1.29, 1.82) is 0 Å². The van der Waals surface area contributed by atoms with Crippen LogP contribution in [0.3, 0.4) is 0 Å². The maximum atomic E-state index is 5.13. The summed E-state index contributed by atoms with van der Waals surface area (Å²) < 4.78 is 5.13. The van der Waals surface area contributed by atoms with Crippen LogP contribution in [0.2, 0.25) is 0 Å². The van der Waals surface area contributed by atoms with Gasteiger partial charge in [0.2, 0.25) is 0 Å². The SMILES string of the molecule is CC1=CCOCC1Br. The van der Waals surface area contributed by atoms with Gasteiger partial charge in [-0.1, -0.05) is 27.6 Å². The van der Waals surface area contributed by atoms with E-state index in [1.54, 1.807) is 0 Å². The quantitative estimate of drug-likeness (QED) is 0.404. The minimum Gasteiger partial charge on any atom is -0.376 e. The minimum atomic E-state index is 0.455. The monoisotopic (exact) mass is 176 g/mol. The highest BCUT2D eigenvalue weighted by molar-refractivity contribution is 9.09. The van der Waals surface area contributed by atoms with Gasteiger partial charge in [-0.2, -0.15) is 0 Å². The van der Waals surface area contributed by atoms with Crippen LogP contribution in [0.4, 0.5) is 0 Å². The van der Waals surface area contributed by atoms with Gasteiger partial charge in [0.1, 0.15) is 0 Å². The zero-order chi connectivity index (χ0) is 5.98. The highest BCUT2D eigenvalue weighted by atomic mass is 79.9. The van der Waals surface area contributed by atoms with Crippen LogP contribution >= 0.6 is 15.9 Å². The van der Waals surface area contributed by atoms with E-state index >= 15 is 0 Å². The molecule has 0 fully saturated rings. The molecule has 0 aromatic rings. The van der Waals surface area contributed by atoms with Gasteiger partial charge in [-0.3, -0.25) is 0 Å². The van der Waals surface area contributed by atoms with Gasteiger partial charge in [0, 0.05) is 0 Å². The zero-order valence-corrected chi connectivity index (χ0v) is 6.44. The van der Waals surface area contributed by atoms with Crippen LogP contribution in [0.25, 0.3) is 0 Å². The predicted octanol–water partition coefficient (Wildman–Crippen LogP) is 1.73. The molecule has 1 rings (SSSR count). The molecule has 0 saturated carbocycles. The Labute approximate surface area is 57.8 Å². The van der Waals surface area contributed by atoms with Gasteiger partial charge in [-0.25, -0.2) is 0 Å². The van der Waals surface area contributed by atoms with Crippen molar-refractivity contribution < 1.29 is 4.74 Å². The molecular formula is C6H9BrO. The van der Waals surface area contributed by atoms with Crippen molar-refractivity contribution in [1.82, 2.24) is 0 Å². The van der Waals surface area contributed by atoms with E-state index in [2.05, 4.69) is 28.9 Å². The van der Waals surface area contributed by atoms with Crippen LogP contribution in [-0.2, 0) is 4.74 Å². The fourth-order valence-electron chi connectivity index (χ4n) is 0.621. The van der Waals surface area contributed by atoms with Gasteiger partial charge >= 0.3 is 0 Å². The van der Waals surface area contributed by atoms with Crippen molar-refractivity contribution in [2.45, 2.75) is 11.8 Å². The third-order valence-corrected chi connectivity index (χ3v) is 2.27. The lowest BCUT2D eigenvalue weighted by Crippen LogP contribution is -2.15. The van der Waals surface area contributed by atoms with Crippen molar-refractivity contribution in [2.24, 2.45) is 0 Å². The van der Waals surface area contributed by atoms with E-state index in [1.807, 2.05) is 0 Å². The summed E-state index contributed by atoms with van der Waals surface area (Å²) in [6.07, 6.45) is 2.10. The molecule has 0 saturated heterocycles. The Hall–Kier alpha value is 0.180. The first-order valence-corrected chi connectivity index (χ1v) is 3.61. The second-order valence-electron chi connectivity index (χ2n) is 1.95. The second kappa shape index (κ2) is 2.65. The molecule has 0 aromatic carbocycles. The number of alkyl halides is 1. The highest BCUT2D eigenvalue weighted by Gasteiger charge is 2.08. The summed E-state index contributed by atoms with van der Waals surface area (Å²) in [4.78, 5) is 0.455. The van der Waals surface area contributed by atoms with Crippen LogP contribution in [-0.4, -0.2) is 18.0 Å². The van der Waals surface area contributed by atoms with Crippen molar-refractivity contribution in [3.05, 3.63) is 11.6 Å². The molecule has 1 heterocycles. The average molecular weight is 177 g/mol. The molecule has 0 radical (unpaired) electrons. The molecule has 0 spiro atoms. The van der Waals surface area contributed by atoms with Crippen LogP contribution in [0, 0.1) is 0 Å². The van der Waals surface area contributed by atoms with E-state index in [9.17, 15) is 0 Å². The smallest absolute Gasteiger partial charge is 0.0651 e. The number of hydrogen-bond acceptors (Lipinski definition) is 1. The lowest BCUT2D eigenvalue weighted by Gasteiger charge is -2.15. The zero-order valence-electron chi connectivity index (χ0n) is 4.86. The normalized spacial score (nSPS) is 29.8. The summed E-state index contributed by atoms with van der Waals surface area (Å²) in [7, 11) is 0. The maximum Gasteiger partial charge on any atom is 0.0651 e. The summed E-state index contributed by atoms with van der Waals surface area (Å²) >= 11 is 3.46. The molecule has 0 N–H and O–H groups in total. The van der Waals surface area contributed by atoms with E-state index < -0.39 is 0 Å². The molecule has 1 atom stereocenters. The molecule has 46 valence electrons. The largest absolute Gasteiger partial charge is 0.376 e. The summed E-state index contributed by atoms with van der Waals surface area (Å²) in [5.74, 6) is 0. The maximum absolute atomic E-state index is 5.13.